The van der Waals surface area contributed by atoms with Gasteiger partial charge in [-0.3, -0.25) is 0 Å². The number of aliphatic hydroxyl groups is 1. The van der Waals surface area contributed by atoms with E-state index in [1.807, 2.05) is 20.8 Å². The van der Waals surface area contributed by atoms with Crippen molar-refractivity contribution >= 4 is 27.5 Å². The van der Waals surface area contributed by atoms with Gasteiger partial charge in [0.25, 0.3) is 0 Å². The first-order chi connectivity index (χ1) is 7.45. The zero-order valence-corrected chi connectivity index (χ0v) is 12.2. The summed E-state index contributed by atoms with van der Waals surface area (Å²) in [6.07, 6.45) is -0.605. The van der Waals surface area contributed by atoms with Gasteiger partial charge in [-0.05, 0) is 37.5 Å². The minimum atomic E-state index is -0.605. The van der Waals surface area contributed by atoms with Crippen LogP contribution in [-0.4, -0.2) is 17.5 Å². The molecule has 0 heterocycles. The highest BCUT2D eigenvalue weighted by molar-refractivity contribution is 9.09. The molecule has 0 amide bonds. The van der Waals surface area contributed by atoms with Crippen LogP contribution in [0, 0.1) is 20.8 Å². The van der Waals surface area contributed by atoms with Crippen molar-refractivity contribution in [2.24, 2.45) is 0 Å². The Morgan fingerprint density at radius 2 is 1.81 bits per heavy atom. The maximum atomic E-state index is 9.98. The van der Waals surface area contributed by atoms with Gasteiger partial charge in [0.1, 0.15) is 5.75 Å². The van der Waals surface area contributed by atoms with Crippen molar-refractivity contribution in [3.8, 4) is 5.75 Å². The molecule has 1 atom stereocenters. The highest BCUT2D eigenvalue weighted by Gasteiger charge is 2.21. The Balaban J connectivity index is 3.57. The van der Waals surface area contributed by atoms with E-state index in [1.165, 1.54) is 0 Å². The van der Waals surface area contributed by atoms with E-state index in [9.17, 15) is 5.11 Å². The lowest BCUT2D eigenvalue weighted by atomic mass is 9.96. The molecule has 1 aromatic carbocycles. The van der Waals surface area contributed by atoms with Gasteiger partial charge in [-0.15, -0.1) is 0 Å². The molecule has 1 unspecified atom stereocenters. The summed E-state index contributed by atoms with van der Waals surface area (Å²) in [6.45, 7) is 5.81. The standard InChI is InChI=1S/C12H16BrClO2/c1-6-7(2)12(16-4)10(9(15)5-13)8(3)11(6)14/h9,15H,5H2,1-4H3. The fourth-order valence-corrected chi connectivity index (χ4v) is 2.42. The summed E-state index contributed by atoms with van der Waals surface area (Å²) in [5.74, 6) is 0.728. The first-order valence-electron chi connectivity index (χ1n) is 5.02. The molecule has 0 bridgehead atoms. The summed E-state index contributed by atoms with van der Waals surface area (Å²) < 4.78 is 5.38. The lowest BCUT2D eigenvalue weighted by Gasteiger charge is -2.21. The molecule has 0 aliphatic heterocycles. The highest BCUT2D eigenvalue weighted by Crippen LogP contribution is 2.39. The van der Waals surface area contributed by atoms with Gasteiger partial charge in [0, 0.05) is 15.9 Å². The zero-order valence-electron chi connectivity index (χ0n) is 9.90. The summed E-state index contributed by atoms with van der Waals surface area (Å²) in [7, 11) is 1.61. The maximum absolute atomic E-state index is 9.98. The molecule has 1 aromatic rings. The molecule has 0 saturated heterocycles. The molecule has 0 radical (unpaired) electrons. The molecule has 16 heavy (non-hydrogen) atoms. The van der Waals surface area contributed by atoms with Crippen LogP contribution in [0.1, 0.15) is 28.4 Å². The second-order valence-electron chi connectivity index (χ2n) is 3.81. The molecule has 90 valence electrons. The number of halogens is 2. The predicted octanol–water partition coefficient (Wildman–Crippen LogP) is 3.70. The van der Waals surface area contributed by atoms with Crippen LogP contribution in [0.2, 0.25) is 5.02 Å². The van der Waals surface area contributed by atoms with Crippen LogP contribution in [0.15, 0.2) is 0 Å². The normalized spacial score (nSPS) is 12.7. The van der Waals surface area contributed by atoms with Crippen LogP contribution in [0.5, 0.6) is 5.75 Å². The van der Waals surface area contributed by atoms with Gasteiger partial charge in [0.15, 0.2) is 0 Å². The Morgan fingerprint density at radius 3 is 2.25 bits per heavy atom. The van der Waals surface area contributed by atoms with Crippen LogP contribution in [-0.2, 0) is 0 Å². The van der Waals surface area contributed by atoms with Crippen molar-refractivity contribution in [1.29, 1.82) is 0 Å². The molecular weight excluding hydrogens is 291 g/mol. The van der Waals surface area contributed by atoms with Crippen LogP contribution < -0.4 is 4.74 Å². The van der Waals surface area contributed by atoms with E-state index >= 15 is 0 Å². The Hall–Kier alpha value is -0.250. The van der Waals surface area contributed by atoms with Crippen molar-refractivity contribution in [1.82, 2.24) is 0 Å². The van der Waals surface area contributed by atoms with Crippen LogP contribution in [0.3, 0.4) is 0 Å². The number of ether oxygens (including phenoxy) is 1. The van der Waals surface area contributed by atoms with Gasteiger partial charge < -0.3 is 9.84 Å². The van der Waals surface area contributed by atoms with Gasteiger partial charge >= 0.3 is 0 Å². The molecular formula is C12H16BrClO2. The molecule has 0 aliphatic rings. The summed E-state index contributed by atoms with van der Waals surface area (Å²) >= 11 is 9.50. The molecule has 1 N–H and O–H groups in total. The van der Waals surface area contributed by atoms with Crippen molar-refractivity contribution in [2.45, 2.75) is 26.9 Å². The number of alkyl halides is 1. The minimum absolute atomic E-state index is 0.461. The topological polar surface area (TPSA) is 29.5 Å². The fraction of sp³-hybridized carbons (Fsp3) is 0.500. The van der Waals surface area contributed by atoms with Gasteiger partial charge in [-0.1, -0.05) is 27.5 Å². The third-order valence-electron chi connectivity index (χ3n) is 2.89. The number of rotatable bonds is 3. The number of hydrogen-bond acceptors (Lipinski definition) is 2. The van der Waals surface area contributed by atoms with Crippen LogP contribution >= 0.6 is 27.5 Å². The van der Waals surface area contributed by atoms with E-state index < -0.39 is 6.10 Å². The Morgan fingerprint density at radius 1 is 1.25 bits per heavy atom. The fourth-order valence-electron chi connectivity index (χ4n) is 1.85. The minimum Gasteiger partial charge on any atom is -0.496 e. The average Bonchev–Trinajstić information content (AvgIpc) is 2.29. The Bertz CT molecular complexity index is 405. The maximum Gasteiger partial charge on any atom is 0.128 e. The van der Waals surface area contributed by atoms with E-state index in [4.69, 9.17) is 16.3 Å². The summed E-state index contributed by atoms with van der Waals surface area (Å²) in [6, 6.07) is 0. The van der Waals surface area contributed by atoms with Crippen LogP contribution in [0.4, 0.5) is 0 Å². The molecule has 2 nitrogen and oxygen atoms in total. The number of hydrogen-bond donors (Lipinski definition) is 1. The summed E-state index contributed by atoms with van der Waals surface area (Å²) in [4.78, 5) is 0. The highest BCUT2D eigenvalue weighted by atomic mass is 79.9. The molecule has 0 aliphatic carbocycles. The third kappa shape index (κ3) is 2.22. The molecule has 1 rings (SSSR count). The van der Waals surface area contributed by atoms with E-state index in [1.54, 1.807) is 7.11 Å². The van der Waals surface area contributed by atoms with Gasteiger partial charge in [0.05, 0.1) is 13.2 Å². The molecule has 4 heteroatoms. The lowest BCUT2D eigenvalue weighted by Crippen LogP contribution is -2.07. The zero-order chi connectivity index (χ0) is 12.5. The number of aliphatic hydroxyl groups excluding tert-OH is 1. The van der Waals surface area contributed by atoms with Crippen LogP contribution in [0.25, 0.3) is 0 Å². The summed E-state index contributed by atoms with van der Waals surface area (Å²) in [5.41, 5.74) is 3.63. The first kappa shape index (κ1) is 13.8. The van der Waals surface area contributed by atoms with E-state index in [0.717, 1.165) is 28.0 Å². The number of methoxy groups -OCH3 is 1. The van der Waals surface area contributed by atoms with Crippen molar-refractivity contribution in [2.75, 3.05) is 12.4 Å². The Kier molecular flexibility index (Phi) is 4.65. The van der Waals surface area contributed by atoms with Crippen molar-refractivity contribution in [3.05, 3.63) is 27.3 Å². The summed E-state index contributed by atoms with van der Waals surface area (Å²) in [5, 5.41) is 11.1. The SMILES string of the molecule is COc1c(C)c(C)c(Cl)c(C)c1C(O)CBr. The van der Waals surface area contributed by atoms with E-state index in [2.05, 4.69) is 15.9 Å². The number of benzene rings is 1. The molecule has 0 spiro atoms. The molecule has 0 fully saturated rings. The van der Waals surface area contributed by atoms with Gasteiger partial charge in [-0.2, -0.15) is 0 Å². The Labute approximate surface area is 110 Å². The average molecular weight is 308 g/mol. The second kappa shape index (κ2) is 5.39. The first-order valence-corrected chi connectivity index (χ1v) is 6.52. The smallest absolute Gasteiger partial charge is 0.128 e. The quantitative estimate of drug-likeness (QED) is 0.863. The lowest BCUT2D eigenvalue weighted by molar-refractivity contribution is 0.199. The van der Waals surface area contributed by atoms with E-state index in [-0.39, 0.29) is 0 Å². The van der Waals surface area contributed by atoms with Gasteiger partial charge in [-0.25, -0.2) is 0 Å². The van der Waals surface area contributed by atoms with E-state index in [0.29, 0.717) is 10.4 Å². The second-order valence-corrected chi connectivity index (χ2v) is 4.83. The monoisotopic (exact) mass is 306 g/mol. The van der Waals surface area contributed by atoms with Crippen molar-refractivity contribution in [3.63, 3.8) is 0 Å². The van der Waals surface area contributed by atoms with Gasteiger partial charge in [0.2, 0.25) is 0 Å². The molecule has 0 saturated carbocycles. The van der Waals surface area contributed by atoms with Crippen molar-refractivity contribution < 1.29 is 9.84 Å². The third-order valence-corrected chi connectivity index (χ3v) is 4.07. The molecule has 0 aromatic heterocycles. The predicted molar refractivity (Wildman–Crippen MR) is 71.0 cm³/mol. The largest absolute Gasteiger partial charge is 0.496 e.